The number of aromatic nitrogens is 2. The van der Waals surface area contributed by atoms with Gasteiger partial charge in [0.2, 0.25) is 5.88 Å². The van der Waals surface area contributed by atoms with Crippen molar-refractivity contribution in [3.8, 4) is 5.88 Å². The fourth-order valence-corrected chi connectivity index (χ4v) is 0.926. The predicted molar refractivity (Wildman–Crippen MR) is 56.5 cm³/mol. The first kappa shape index (κ1) is 10.5. The maximum atomic E-state index is 5.36. The summed E-state index contributed by atoms with van der Waals surface area (Å²) in [6.45, 7) is 5.35. The Hall–Kier alpha value is -1.58. The number of allylic oxidation sites excluding steroid dienone is 1. The van der Waals surface area contributed by atoms with Crippen LogP contribution in [0.15, 0.2) is 24.5 Å². The molecular weight excluding hydrogens is 178 g/mol. The molecule has 4 heteroatoms. The Bertz CT molecular complexity index is 299. The van der Waals surface area contributed by atoms with Crippen LogP contribution >= 0.6 is 0 Å². The molecule has 0 saturated carbocycles. The lowest BCUT2D eigenvalue weighted by molar-refractivity contribution is 0.347. The van der Waals surface area contributed by atoms with E-state index >= 15 is 0 Å². The summed E-state index contributed by atoms with van der Waals surface area (Å²) < 4.78 is 5.36. The van der Waals surface area contributed by atoms with Crippen LogP contribution in [0.25, 0.3) is 0 Å². The van der Waals surface area contributed by atoms with Crippen LogP contribution in [0.1, 0.15) is 13.8 Å². The van der Waals surface area contributed by atoms with Gasteiger partial charge in [0.25, 0.3) is 0 Å². The maximum absolute atomic E-state index is 5.36. The smallest absolute Gasteiger partial charge is 0.218 e. The maximum Gasteiger partial charge on any atom is 0.218 e. The molecule has 0 spiro atoms. The number of anilines is 1. The van der Waals surface area contributed by atoms with Crippen LogP contribution in [0.2, 0.25) is 0 Å². The molecule has 1 rings (SSSR count). The molecule has 0 amide bonds. The molecule has 4 nitrogen and oxygen atoms in total. The van der Waals surface area contributed by atoms with Gasteiger partial charge in [0.15, 0.2) is 0 Å². The summed E-state index contributed by atoms with van der Waals surface area (Å²) in [6, 6.07) is 1.78. The van der Waals surface area contributed by atoms with Gasteiger partial charge in [0.1, 0.15) is 18.8 Å². The van der Waals surface area contributed by atoms with Crippen molar-refractivity contribution in [2.75, 3.05) is 18.5 Å². The average molecular weight is 193 g/mol. The van der Waals surface area contributed by atoms with E-state index in [0.717, 1.165) is 12.4 Å². The van der Waals surface area contributed by atoms with E-state index < -0.39 is 0 Å². The van der Waals surface area contributed by atoms with Crippen molar-refractivity contribution in [3.63, 3.8) is 0 Å². The predicted octanol–water partition coefficient (Wildman–Crippen LogP) is 1.86. The number of hydrogen-bond acceptors (Lipinski definition) is 4. The topological polar surface area (TPSA) is 47.0 Å². The summed E-state index contributed by atoms with van der Waals surface area (Å²) in [7, 11) is 0. The Labute approximate surface area is 84.0 Å². The van der Waals surface area contributed by atoms with Crippen molar-refractivity contribution in [1.29, 1.82) is 0 Å². The third-order valence-corrected chi connectivity index (χ3v) is 1.56. The molecule has 0 atom stereocenters. The number of nitrogens with zero attached hydrogens (tertiary/aromatic N) is 2. The average Bonchev–Trinajstić information content (AvgIpc) is 2.19. The van der Waals surface area contributed by atoms with Crippen molar-refractivity contribution in [2.24, 2.45) is 0 Å². The van der Waals surface area contributed by atoms with Crippen molar-refractivity contribution in [1.82, 2.24) is 9.97 Å². The second kappa shape index (κ2) is 5.96. The van der Waals surface area contributed by atoms with E-state index in [1.807, 2.05) is 26.0 Å². The summed E-state index contributed by atoms with van der Waals surface area (Å²) in [4.78, 5) is 8.02. The van der Waals surface area contributed by atoms with Gasteiger partial charge in [-0.1, -0.05) is 12.2 Å². The van der Waals surface area contributed by atoms with E-state index in [9.17, 15) is 0 Å². The summed E-state index contributed by atoms with van der Waals surface area (Å²) in [6.07, 6.45) is 5.35. The normalized spacial score (nSPS) is 10.4. The van der Waals surface area contributed by atoms with Crippen molar-refractivity contribution in [2.45, 2.75) is 13.8 Å². The number of hydrogen-bond donors (Lipinski definition) is 1. The van der Waals surface area contributed by atoms with Crippen LogP contribution < -0.4 is 10.1 Å². The third-order valence-electron chi connectivity index (χ3n) is 1.56. The van der Waals surface area contributed by atoms with Crippen molar-refractivity contribution in [3.05, 3.63) is 24.5 Å². The first-order chi connectivity index (χ1) is 6.86. The molecule has 0 bridgehead atoms. The van der Waals surface area contributed by atoms with E-state index in [4.69, 9.17) is 4.74 Å². The van der Waals surface area contributed by atoms with Crippen LogP contribution in [-0.4, -0.2) is 23.1 Å². The van der Waals surface area contributed by atoms with Gasteiger partial charge in [0.05, 0.1) is 0 Å². The minimum atomic E-state index is 0.541. The summed E-state index contributed by atoms with van der Waals surface area (Å²) in [5.41, 5.74) is 0. The molecule has 1 aromatic heterocycles. The minimum Gasteiger partial charge on any atom is -0.473 e. The van der Waals surface area contributed by atoms with Gasteiger partial charge in [-0.2, -0.15) is 0 Å². The standard InChI is InChI=1S/C10H15N3O/c1-3-5-6-14-10-7-9(11-4-2)12-8-13-10/h3,5,7-8H,4,6H2,1-2H3,(H,11,12,13)/b5-3+. The molecule has 0 aliphatic carbocycles. The highest BCUT2D eigenvalue weighted by Gasteiger charge is 1.96. The van der Waals surface area contributed by atoms with E-state index in [1.165, 1.54) is 6.33 Å². The molecule has 0 aliphatic rings. The molecule has 76 valence electrons. The quantitative estimate of drug-likeness (QED) is 0.725. The summed E-state index contributed by atoms with van der Waals surface area (Å²) in [5, 5.41) is 3.09. The molecule has 0 aliphatic heterocycles. The number of nitrogens with one attached hydrogen (secondary N) is 1. The highest BCUT2D eigenvalue weighted by atomic mass is 16.5. The molecule has 1 heterocycles. The van der Waals surface area contributed by atoms with Crippen LogP contribution in [0.4, 0.5) is 5.82 Å². The van der Waals surface area contributed by atoms with Gasteiger partial charge < -0.3 is 10.1 Å². The molecule has 0 fully saturated rings. The summed E-state index contributed by atoms with van der Waals surface area (Å²) in [5.74, 6) is 1.38. The molecule has 0 unspecified atom stereocenters. The van der Waals surface area contributed by atoms with E-state index in [1.54, 1.807) is 6.07 Å². The van der Waals surface area contributed by atoms with Gasteiger partial charge >= 0.3 is 0 Å². The Morgan fingerprint density at radius 3 is 3.07 bits per heavy atom. The molecule has 1 N–H and O–H groups in total. The highest BCUT2D eigenvalue weighted by Crippen LogP contribution is 2.10. The van der Waals surface area contributed by atoms with Crippen LogP contribution in [-0.2, 0) is 0 Å². The first-order valence-corrected chi connectivity index (χ1v) is 4.66. The van der Waals surface area contributed by atoms with Gasteiger partial charge in [-0.3, -0.25) is 0 Å². The second-order valence-corrected chi connectivity index (χ2v) is 2.65. The molecule has 0 saturated heterocycles. The van der Waals surface area contributed by atoms with Gasteiger partial charge in [-0.15, -0.1) is 0 Å². The van der Waals surface area contributed by atoms with Crippen LogP contribution in [0, 0.1) is 0 Å². The number of ether oxygens (including phenoxy) is 1. The number of rotatable bonds is 5. The van der Waals surface area contributed by atoms with Crippen molar-refractivity contribution >= 4 is 5.82 Å². The van der Waals surface area contributed by atoms with Crippen molar-refractivity contribution < 1.29 is 4.74 Å². The highest BCUT2D eigenvalue weighted by molar-refractivity contribution is 5.36. The molecular formula is C10H15N3O. The monoisotopic (exact) mass is 193 g/mol. The van der Waals surface area contributed by atoms with E-state index in [-0.39, 0.29) is 0 Å². The molecule has 1 aromatic rings. The molecule has 14 heavy (non-hydrogen) atoms. The Morgan fingerprint density at radius 2 is 2.36 bits per heavy atom. The van der Waals surface area contributed by atoms with E-state index in [0.29, 0.717) is 12.5 Å². The summed E-state index contributed by atoms with van der Waals surface area (Å²) >= 11 is 0. The zero-order valence-corrected chi connectivity index (χ0v) is 8.53. The van der Waals surface area contributed by atoms with Gasteiger partial charge in [-0.25, -0.2) is 9.97 Å². The third kappa shape index (κ3) is 3.43. The molecule has 0 aromatic carbocycles. The van der Waals surface area contributed by atoms with Crippen LogP contribution in [0.5, 0.6) is 5.88 Å². The largest absolute Gasteiger partial charge is 0.473 e. The second-order valence-electron chi connectivity index (χ2n) is 2.65. The molecule has 0 radical (unpaired) electrons. The van der Waals surface area contributed by atoms with E-state index in [2.05, 4.69) is 15.3 Å². The Balaban J connectivity index is 2.54. The lowest BCUT2D eigenvalue weighted by Crippen LogP contribution is -2.01. The van der Waals surface area contributed by atoms with Gasteiger partial charge in [-0.05, 0) is 13.8 Å². The zero-order valence-electron chi connectivity index (χ0n) is 8.53. The SMILES string of the molecule is C/C=C/COc1cc(NCC)ncn1. The zero-order chi connectivity index (χ0) is 10.2. The van der Waals surface area contributed by atoms with Gasteiger partial charge in [0, 0.05) is 12.6 Å². The minimum absolute atomic E-state index is 0.541. The first-order valence-electron chi connectivity index (χ1n) is 4.66. The fraction of sp³-hybridized carbons (Fsp3) is 0.400. The fourth-order valence-electron chi connectivity index (χ4n) is 0.926. The Morgan fingerprint density at radius 1 is 1.50 bits per heavy atom. The Kier molecular flexibility index (Phi) is 4.47. The van der Waals surface area contributed by atoms with Crippen LogP contribution in [0.3, 0.4) is 0 Å². The lowest BCUT2D eigenvalue weighted by Gasteiger charge is -2.04. The lowest BCUT2D eigenvalue weighted by atomic mass is 10.5.